The zero-order chi connectivity index (χ0) is 33.7. The number of rotatable bonds is 18. The van der Waals surface area contributed by atoms with Crippen molar-refractivity contribution in [3.8, 4) is 11.5 Å². The molecule has 0 unspecified atom stereocenters. The highest BCUT2D eigenvalue weighted by molar-refractivity contribution is 7.86. The number of benzene rings is 2. The van der Waals surface area contributed by atoms with E-state index in [1.54, 1.807) is 13.8 Å². The largest absolute Gasteiger partial charge is 0.493 e. The van der Waals surface area contributed by atoms with E-state index in [0.29, 0.717) is 12.8 Å². The average Bonchev–Trinajstić information content (AvgIpc) is 2.95. The Hall–Kier alpha value is -3.54. The molecule has 0 aliphatic carbocycles. The van der Waals surface area contributed by atoms with Crippen molar-refractivity contribution in [1.82, 2.24) is 0 Å². The Balaban J connectivity index is 1.93. The van der Waals surface area contributed by atoms with Gasteiger partial charge in [-0.3, -0.25) is 8.57 Å². The minimum absolute atomic E-state index is 0.0607. The maximum atomic E-state index is 13.5. The molecule has 0 radical (unpaired) electrons. The topological polar surface area (TPSA) is 130 Å². The molecule has 0 amide bonds. The number of oxime groups is 2. The Morgan fingerprint density at radius 1 is 0.600 bits per heavy atom. The summed E-state index contributed by atoms with van der Waals surface area (Å²) in [6.07, 6.45) is -8.33. The van der Waals surface area contributed by atoms with Crippen LogP contribution in [0.4, 0.5) is 26.3 Å². The van der Waals surface area contributed by atoms with Gasteiger partial charge in [-0.05, 0) is 61.4 Å². The molecule has 252 valence electrons. The van der Waals surface area contributed by atoms with Gasteiger partial charge in [0.1, 0.15) is 11.5 Å². The highest BCUT2D eigenvalue weighted by Crippen LogP contribution is 2.26. The van der Waals surface area contributed by atoms with Crippen LogP contribution in [0.1, 0.15) is 57.1 Å². The summed E-state index contributed by atoms with van der Waals surface area (Å²) in [5, 5.41) is 5.69. The number of hydrogen-bond acceptors (Lipinski definition) is 10. The molecule has 0 aliphatic rings. The predicted octanol–water partition coefficient (Wildman–Crippen LogP) is 6.36. The molecule has 0 aromatic heterocycles. The van der Waals surface area contributed by atoms with Gasteiger partial charge in [0.05, 0.1) is 24.7 Å². The Morgan fingerprint density at radius 2 is 0.933 bits per heavy atom. The number of unbranched alkanes of at least 4 members (excludes halogenated alkanes) is 2. The molecule has 45 heavy (non-hydrogen) atoms. The molecule has 2 rings (SSSR count). The van der Waals surface area contributed by atoms with Crippen molar-refractivity contribution in [2.75, 3.05) is 24.7 Å². The summed E-state index contributed by atoms with van der Waals surface area (Å²) < 4.78 is 147. The summed E-state index contributed by atoms with van der Waals surface area (Å²) in [6, 6.07) is 9.02. The lowest BCUT2D eigenvalue weighted by Crippen LogP contribution is -2.25. The smallest absolute Gasteiger partial charge is 0.437 e. The second kappa shape index (κ2) is 16.7. The zero-order valence-corrected chi connectivity index (χ0v) is 25.9. The molecule has 0 saturated carbocycles. The van der Waals surface area contributed by atoms with Crippen LogP contribution < -0.4 is 9.47 Å². The van der Waals surface area contributed by atoms with Crippen LogP contribution in [0.3, 0.4) is 0 Å². The van der Waals surface area contributed by atoms with Crippen LogP contribution >= 0.6 is 0 Å². The van der Waals surface area contributed by atoms with E-state index in [0.717, 1.165) is 24.3 Å². The lowest BCUT2D eigenvalue weighted by atomic mass is 10.1. The van der Waals surface area contributed by atoms with Crippen molar-refractivity contribution in [3.63, 3.8) is 0 Å². The number of ether oxygens (including phenoxy) is 2. The van der Waals surface area contributed by atoms with Crippen LogP contribution in [0, 0.1) is 0 Å². The minimum atomic E-state index is -5.00. The molecule has 0 aliphatic heterocycles. The van der Waals surface area contributed by atoms with Gasteiger partial charge < -0.3 is 9.47 Å². The molecule has 2 aromatic rings. The lowest BCUT2D eigenvalue weighted by Gasteiger charge is -2.12. The van der Waals surface area contributed by atoms with Gasteiger partial charge in [-0.15, -0.1) is 0 Å². The monoisotopic (exact) mass is 690 g/mol. The van der Waals surface area contributed by atoms with Crippen LogP contribution in [0.2, 0.25) is 0 Å². The van der Waals surface area contributed by atoms with Gasteiger partial charge in [0.25, 0.3) is 0 Å². The fraction of sp³-hybridized carbons (Fsp3) is 0.481. The first-order valence-corrected chi connectivity index (χ1v) is 16.7. The van der Waals surface area contributed by atoms with Gasteiger partial charge in [0.15, 0.2) is 11.4 Å². The number of halogens is 6. The fourth-order valence-electron chi connectivity index (χ4n) is 3.30. The molecule has 0 spiro atoms. The lowest BCUT2D eigenvalue weighted by molar-refractivity contribution is -0.0606. The number of hydrogen-bond donors (Lipinski definition) is 0. The van der Waals surface area contributed by atoms with Crippen LogP contribution in [0.5, 0.6) is 11.5 Å². The molecule has 0 heterocycles. The molecular weight excluding hydrogens is 658 g/mol. The maximum absolute atomic E-state index is 13.5. The second-order valence-electron chi connectivity index (χ2n) is 9.35. The van der Waals surface area contributed by atoms with Gasteiger partial charge in [-0.1, -0.05) is 37.0 Å². The van der Waals surface area contributed by atoms with Crippen LogP contribution in [0.15, 0.2) is 58.8 Å². The number of nitrogens with zero attached hydrogens (tertiary/aromatic N) is 2. The summed E-state index contributed by atoms with van der Waals surface area (Å²) in [5.41, 5.74) is -3.97. The first-order chi connectivity index (χ1) is 21.0. The first kappa shape index (κ1) is 37.6. The molecule has 0 saturated heterocycles. The molecule has 0 bridgehead atoms. The Labute approximate surface area is 257 Å². The molecule has 0 fully saturated rings. The van der Waals surface area contributed by atoms with Crippen molar-refractivity contribution in [3.05, 3.63) is 59.7 Å². The quantitative estimate of drug-likeness (QED) is 0.0765. The number of alkyl halides is 6. The summed E-state index contributed by atoms with van der Waals surface area (Å²) in [4.78, 5) is 0. The van der Waals surface area contributed by atoms with E-state index in [1.165, 1.54) is 24.3 Å². The fourth-order valence-corrected chi connectivity index (χ4v) is 5.11. The van der Waals surface area contributed by atoms with E-state index in [2.05, 4.69) is 18.9 Å². The SMILES string of the molecule is CCCCS(=O)(=O)O/N=C(/c1ccc(OCCCOc2ccc(/C(=N\OS(=O)(=O)CCCC)C(F)(F)F)cc2)cc1)C(F)(F)F. The van der Waals surface area contributed by atoms with Crippen molar-refractivity contribution in [2.24, 2.45) is 10.3 Å². The molecule has 18 heteroatoms. The summed E-state index contributed by atoms with van der Waals surface area (Å²) in [6.45, 7) is 3.53. The van der Waals surface area contributed by atoms with E-state index < -0.39 is 66.6 Å². The zero-order valence-electron chi connectivity index (χ0n) is 24.2. The summed E-state index contributed by atoms with van der Waals surface area (Å²) in [5.74, 6) is -0.564. The van der Waals surface area contributed by atoms with Crippen LogP contribution in [-0.4, -0.2) is 65.3 Å². The van der Waals surface area contributed by atoms with Gasteiger partial charge >= 0.3 is 32.6 Å². The van der Waals surface area contributed by atoms with E-state index in [-0.39, 0.29) is 44.0 Å². The standard InChI is InChI=1S/C27H32F6N2O8S2/c1-3-5-18-44(36,37)42-34-24(26(28,29)30)20-8-12-22(13-9-20)40-16-7-17-41-23-14-10-21(11-15-23)25(27(31,32)33)35-43-45(38,39)19-6-4-2/h8-15H,3-7,16-19H2,1-2H3/b34-24-,35-25+. The van der Waals surface area contributed by atoms with Crippen molar-refractivity contribution in [1.29, 1.82) is 0 Å². The Morgan fingerprint density at radius 3 is 1.22 bits per heavy atom. The molecule has 0 N–H and O–H groups in total. The highest BCUT2D eigenvalue weighted by Gasteiger charge is 2.39. The van der Waals surface area contributed by atoms with E-state index >= 15 is 0 Å². The van der Waals surface area contributed by atoms with Crippen molar-refractivity contribution < 1.29 is 61.2 Å². The minimum Gasteiger partial charge on any atom is -0.493 e. The maximum Gasteiger partial charge on any atom is 0.437 e. The third-order valence-electron chi connectivity index (χ3n) is 5.60. The van der Waals surface area contributed by atoms with Gasteiger partial charge in [-0.25, -0.2) is 0 Å². The van der Waals surface area contributed by atoms with Gasteiger partial charge in [0.2, 0.25) is 0 Å². The third-order valence-corrected chi connectivity index (χ3v) is 7.78. The Bertz CT molecular complexity index is 1380. The first-order valence-electron chi connectivity index (χ1n) is 13.6. The average molecular weight is 691 g/mol. The molecular formula is C27H32F6N2O8S2. The van der Waals surface area contributed by atoms with Crippen molar-refractivity contribution >= 4 is 31.7 Å². The van der Waals surface area contributed by atoms with Crippen LogP contribution in [0.25, 0.3) is 0 Å². The highest BCUT2D eigenvalue weighted by atomic mass is 32.2. The normalized spacial score (nSPS) is 13.4. The van der Waals surface area contributed by atoms with Crippen molar-refractivity contribution in [2.45, 2.75) is 58.3 Å². The van der Waals surface area contributed by atoms with E-state index in [4.69, 9.17) is 9.47 Å². The molecule has 2 aromatic carbocycles. The molecule has 10 nitrogen and oxygen atoms in total. The molecule has 0 atom stereocenters. The third kappa shape index (κ3) is 13.5. The second-order valence-corrected chi connectivity index (χ2v) is 12.7. The van der Waals surface area contributed by atoms with Gasteiger partial charge in [0, 0.05) is 17.5 Å². The summed E-state index contributed by atoms with van der Waals surface area (Å²) in [7, 11) is -8.55. The summed E-state index contributed by atoms with van der Waals surface area (Å²) >= 11 is 0. The van der Waals surface area contributed by atoms with Gasteiger partial charge in [-0.2, -0.15) is 43.2 Å². The Kier molecular flexibility index (Phi) is 14.0. The van der Waals surface area contributed by atoms with Crippen LogP contribution in [-0.2, 0) is 28.8 Å². The van der Waals surface area contributed by atoms with E-state index in [9.17, 15) is 43.2 Å². The van der Waals surface area contributed by atoms with E-state index in [1.807, 2.05) is 0 Å². The predicted molar refractivity (Wildman–Crippen MR) is 153 cm³/mol.